The van der Waals surface area contributed by atoms with E-state index < -0.39 is 27.0 Å². The molecule has 0 N–H and O–H groups in total. The molecule has 0 aliphatic rings. The molecule has 0 aromatic rings. The summed E-state index contributed by atoms with van der Waals surface area (Å²) in [6, 6.07) is 0. The zero-order valence-electron chi connectivity index (χ0n) is 13.0. The van der Waals surface area contributed by atoms with Gasteiger partial charge in [-0.15, -0.1) is 0 Å². The van der Waals surface area contributed by atoms with Crippen molar-refractivity contribution in [2.75, 3.05) is 14.2 Å². The first-order chi connectivity index (χ1) is 8.38. The minimum Gasteiger partial charge on any atom is -0.382 e. The zero-order chi connectivity index (χ0) is 15.5. The maximum absolute atomic E-state index is 12.0. The molecular weight excluding hydrogens is 304 g/mol. The van der Waals surface area contributed by atoms with Crippen LogP contribution in [0.1, 0.15) is 13.8 Å². The van der Waals surface area contributed by atoms with Gasteiger partial charge in [-0.3, -0.25) is 7.74 Å². The van der Waals surface area contributed by atoms with E-state index in [2.05, 4.69) is 0 Å². The lowest BCUT2D eigenvalue weighted by Crippen LogP contribution is -2.50. The van der Waals surface area contributed by atoms with Crippen molar-refractivity contribution in [3.63, 3.8) is 0 Å². The predicted octanol–water partition coefficient (Wildman–Crippen LogP) is 1.82. The summed E-state index contributed by atoms with van der Waals surface area (Å²) in [6.45, 7) is 10.7. The molecule has 0 aromatic heterocycles. The van der Waals surface area contributed by atoms with Crippen LogP contribution in [0.4, 0.5) is 0 Å². The number of methoxy groups -OCH3 is 2. The lowest BCUT2D eigenvalue weighted by Gasteiger charge is -2.31. The molecule has 9 heteroatoms. The van der Waals surface area contributed by atoms with E-state index in [1.54, 1.807) is 40.0 Å². The van der Waals surface area contributed by atoms with Gasteiger partial charge in [-0.1, -0.05) is 0 Å². The molecule has 0 aliphatic heterocycles. The van der Waals surface area contributed by atoms with Gasteiger partial charge >= 0.3 is 10.4 Å². The van der Waals surface area contributed by atoms with Gasteiger partial charge in [0, 0.05) is 14.2 Å². The summed E-state index contributed by atoms with van der Waals surface area (Å²) in [4.78, 5) is 0. The number of hydrogen-bond donors (Lipinski definition) is 0. The van der Waals surface area contributed by atoms with Crippen LogP contribution in [0.2, 0.25) is 26.2 Å². The van der Waals surface area contributed by atoms with Crippen molar-refractivity contribution >= 4 is 27.0 Å². The Hall–Kier alpha value is 0.224. The largest absolute Gasteiger partial charge is 0.382 e. The molecule has 19 heavy (non-hydrogen) atoms. The fourth-order valence-corrected chi connectivity index (χ4v) is 8.12. The van der Waals surface area contributed by atoms with Crippen molar-refractivity contribution in [1.29, 1.82) is 0 Å². The van der Waals surface area contributed by atoms with Crippen molar-refractivity contribution in [2.45, 2.75) is 51.5 Å². The normalized spacial score (nSPS) is 17.3. The van der Waals surface area contributed by atoms with Crippen LogP contribution in [0.25, 0.3) is 0 Å². The monoisotopic (exact) mass is 330 g/mol. The maximum Gasteiger partial charge on any atom is 0.380 e. The second-order valence-corrected chi connectivity index (χ2v) is 15.7. The minimum absolute atomic E-state index is 0.254. The summed E-state index contributed by atoms with van der Waals surface area (Å²) in [7, 11) is -6.07. The van der Waals surface area contributed by atoms with Crippen molar-refractivity contribution in [3.8, 4) is 0 Å². The van der Waals surface area contributed by atoms with E-state index in [0.717, 1.165) is 0 Å². The highest BCUT2D eigenvalue weighted by atomic mass is 32.3. The number of hydrogen-bond acceptors (Lipinski definition) is 6. The van der Waals surface area contributed by atoms with Gasteiger partial charge in [0.25, 0.3) is 0 Å². The molecule has 2 atom stereocenters. The summed E-state index contributed by atoms with van der Waals surface area (Å²) in [6.07, 6.45) is 0. The lowest BCUT2D eigenvalue weighted by atomic mass is 10.9. The molecule has 0 saturated carbocycles. The second kappa shape index (κ2) is 6.79. The number of ether oxygens (including phenoxy) is 2. The van der Waals surface area contributed by atoms with E-state index >= 15 is 0 Å². The molecule has 116 valence electrons. The van der Waals surface area contributed by atoms with Crippen LogP contribution in [0.3, 0.4) is 0 Å². The summed E-state index contributed by atoms with van der Waals surface area (Å²) in [5.74, 6) is 0. The van der Waals surface area contributed by atoms with Crippen molar-refractivity contribution < 1.29 is 25.6 Å². The fraction of sp³-hybridized carbons (Fsp3) is 1.00. The van der Waals surface area contributed by atoms with Crippen molar-refractivity contribution in [3.05, 3.63) is 0 Å². The highest BCUT2D eigenvalue weighted by Crippen LogP contribution is 2.22. The molecule has 0 bridgehead atoms. The molecule has 2 unspecified atom stereocenters. The van der Waals surface area contributed by atoms with Crippen molar-refractivity contribution in [2.24, 2.45) is 0 Å². The van der Waals surface area contributed by atoms with Crippen LogP contribution in [0, 0.1) is 0 Å². The van der Waals surface area contributed by atoms with E-state index in [-0.39, 0.29) is 11.5 Å². The molecule has 0 spiro atoms. The van der Waals surface area contributed by atoms with E-state index in [1.165, 1.54) is 14.2 Å². The van der Waals surface area contributed by atoms with Gasteiger partial charge in [0.15, 0.2) is 0 Å². The molecule has 0 aromatic carbocycles. The van der Waals surface area contributed by atoms with E-state index in [9.17, 15) is 8.42 Å². The minimum atomic E-state index is -4.04. The first-order valence-corrected chi connectivity index (χ1v) is 13.4. The fourth-order valence-electron chi connectivity index (χ4n) is 1.25. The average molecular weight is 331 g/mol. The Morgan fingerprint density at radius 2 is 1.05 bits per heavy atom. The highest BCUT2D eigenvalue weighted by molar-refractivity contribution is 7.84. The van der Waals surface area contributed by atoms with Gasteiger partial charge in [0.1, 0.15) is 0 Å². The summed E-state index contributed by atoms with van der Waals surface area (Å²) < 4.78 is 44.9. The number of rotatable bonds is 8. The Kier molecular flexibility index (Phi) is 6.87. The van der Waals surface area contributed by atoms with Gasteiger partial charge in [0.2, 0.25) is 16.6 Å². The molecule has 0 amide bonds. The first kappa shape index (κ1) is 19.2. The standard InChI is InChI=1S/C10H26O6SSi2/c1-9(13-3)18(5,6)15-17(11,12)16-19(7,8)10(2)14-4/h9-10H,1-8H3. The summed E-state index contributed by atoms with van der Waals surface area (Å²) in [5, 5.41) is 0. The molecule has 0 heterocycles. The van der Waals surface area contributed by atoms with Crippen LogP contribution < -0.4 is 0 Å². The van der Waals surface area contributed by atoms with E-state index in [4.69, 9.17) is 17.2 Å². The third kappa shape index (κ3) is 6.02. The second-order valence-electron chi connectivity index (χ2n) is 5.54. The van der Waals surface area contributed by atoms with Crippen LogP contribution in [0.5, 0.6) is 0 Å². The Labute approximate surface area is 119 Å². The van der Waals surface area contributed by atoms with Gasteiger partial charge in [-0.05, 0) is 40.0 Å². The SMILES string of the molecule is COC(C)[Si](C)(C)OS(=O)(=O)O[Si](C)(C)C(C)OC. The quantitative estimate of drug-likeness (QED) is 0.632. The van der Waals surface area contributed by atoms with Gasteiger partial charge < -0.3 is 9.47 Å². The van der Waals surface area contributed by atoms with Crippen LogP contribution in [0.15, 0.2) is 0 Å². The van der Waals surface area contributed by atoms with Gasteiger partial charge in [-0.2, -0.15) is 8.42 Å². The summed E-state index contributed by atoms with van der Waals surface area (Å²) >= 11 is 0. The predicted molar refractivity (Wildman–Crippen MR) is 79.0 cm³/mol. The summed E-state index contributed by atoms with van der Waals surface area (Å²) in [5.41, 5.74) is -0.508. The van der Waals surface area contributed by atoms with E-state index in [0.29, 0.717) is 0 Å². The Morgan fingerprint density at radius 3 is 1.26 bits per heavy atom. The van der Waals surface area contributed by atoms with Crippen LogP contribution in [-0.2, 0) is 27.6 Å². The molecular formula is C10H26O6SSi2. The molecule has 0 fully saturated rings. The smallest absolute Gasteiger partial charge is 0.380 e. The third-order valence-corrected chi connectivity index (χ3v) is 12.8. The molecule has 0 radical (unpaired) electrons. The zero-order valence-corrected chi connectivity index (χ0v) is 15.8. The maximum atomic E-state index is 12.0. The molecule has 0 aliphatic carbocycles. The van der Waals surface area contributed by atoms with Gasteiger partial charge in [0.05, 0.1) is 11.5 Å². The van der Waals surface area contributed by atoms with Gasteiger partial charge in [-0.25, -0.2) is 0 Å². The third-order valence-electron chi connectivity index (χ3n) is 3.30. The lowest BCUT2D eigenvalue weighted by molar-refractivity contribution is 0.154. The van der Waals surface area contributed by atoms with Crippen LogP contribution in [-0.4, -0.2) is 50.7 Å². The average Bonchev–Trinajstić information content (AvgIpc) is 2.23. The first-order valence-electron chi connectivity index (χ1n) is 6.09. The van der Waals surface area contributed by atoms with E-state index in [1.807, 2.05) is 0 Å². The Bertz CT molecular complexity index is 351. The molecule has 6 nitrogen and oxygen atoms in total. The highest BCUT2D eigenvalue weighted by Gasteiger charge is 2.42. The Morgan fingerprint density at radius 1 is 0.789 bits per heavy atom. The molecule has 0 saturated heterocycles. The Balaban J connectivity index is 4.93. The molecule has 0 rings (SSSR count). The topological polar surface area (TPSA) is 71.1 Å². The van der Waals surface area contributed by atoms with Crippen LogP contribution >= 0.6 is 0 Å². The van der Waals surface area contributed by atoms with Crippen molar-refractivity contribution in [1.82, 2.24) is 0 Å².